The number of rotatable bonds is 6. The molecule has 0 atom stereocenters. The third-order valence-corrected chi connectivity index (χ3v) is 4.97. The summed E-state index contributed by atoms with van der Waals surface area (Å²) in [5.74, 6) is 1.99. The molecule has 2 heterocycles. The van der Waals surface area contributed by atoms with Gasteiger partial charge in [0, 0.05) is 34.2 Å². The molecule has 6 heteroatoms. The number of benzene rings is 3. The molecule has 148 valence electrons. The van der Waals surface area contributed by atoms with Gasteiger partial charge >= 0.3 is 0 Å². The molecule has 2 aromatic heterocycles. The average molecular weight is 396 g/mol. The highest BCUT2D eigenvalue weighted by Crippen LogP contribution is 2.35. The van der Waals surface area contributed by atoms with Gasteiger partial charge in [-0.05, 0) is 35.9 Å². The smallest absolute Gasteiger partial charge is 0.163 e. The SMILES string of the molecule is COc1cc2c(Nc3ccc4[nH]ccc4c3)ncnc2cc1OCc1ccccc1. The first-order chi connectivity index (χ1) is 14.8. The summed E-state index contributed by atoms with van der Waals surface area (Å²) in [6.07, 6.45) is 3.48. The second-order valence-electron chi connectivity index (χ2n) is 6.92. The molecule has 0 aliphatic carbocycles. The predicted molar refractivity (Wildman–Crippen MR) is 118 cm³/mol. The Labute approximate surface area is 173 Å². The Morgan fingerprint density at radius 3 is 2.70 bits per heavy atom. The Morgan fingerprint density at radius 2 is 1.83 bits per heavy atom. The molecular weight excluding hydrogens is 376 g/mol. The van der Waals surface area contributed by atoms with Crippen molar-refractivity contribution >= 4 is 33.3 Å². The number of nitrogens with zero attached hydrogens (tertiary/aromatic N) is 2. The van der Waals surface area contributed by atoms with Crippen LogP contribution in [0.1, 0.15) is 5.56 Å². The van der Waals surface area contributed by atoms with Crippen LogP contribution in [0.25, 0.3) is 21.8 Å². The van der Waals surface area contributed by atoms with Gasteiger partial charge in [0.05, 0.1) is 12.6 Å². The van der Waals surface area contributed by atoms with E-state index in [1.54, 1.807) is 13.4 Å². The number of ether oxygens (including phenoxy) is 2. The van der Waals surface area contributed by atoms with E-state index in [1.165, 1.54) is 0 Å². The van der Waals surface area contributed by atoms with Crippen LogP contribution < -0.4 is 14.8 Å². The number of aromatic amines is 1. The number of hydrogen-bond acceptors (Lipinski definition) is 5. The second-order valence-corrected chi connectivity index (χ2v) is 6.92. The van der Waals surface area contributed by atoms with Gasteiger partial charge in [0.25, 0.3) is 0 Å². The minimum Gasteiger partial charge on any atom is -0.493 e. The first-order valence-electron chi connectivity index (χ1n) is 9.64. The lowest BCUT2D eigenvalue weighted by Gasteiger charge is -2.14. The number of nitrogens with one attached hydrogen (secondary N) is 2. The molecule has 0 aliphatic heterocycles. The first-order valence-corrected chi connectivity index (χ1v) is 9.64. The Kier molecular flexibility index (Phi) is 4.65. The van der Waals surface area contributed by atoms with Gasteiger partial charge < -0.3 is 19.8 Å². The van der Waals surface area contributed by atoms with E-state index >= 15 is 0 Å². The van der Waals surface area contributed by atoms with Crippen LogP contribution in [0.3, 0.4) is 0 Å². The summed E-state index contributed by atoms with van der Waals surface area (Å²) in [6.45, 7) is 0.454. The molecule has 0 radical (unpaired) electrons. The number of hydrogen-bond donors (Lipinski definition) is 2. The van der Waals surface area contributed by atoms with Crippen LogP contribution >= 0.6 is 0 Å². The van der Waals surface area contributed by atoms with E-state index in [9.17, 15) is 0 Å². The van der Waals surface area contributed by atoms with Crippen molar-refractivity contribution in [3.05, 3.63) is 84.8 Å². The van der Waals surface area contributed by atoms with Crippen molar-refractivity contribution in [3.63, 3.8) is 0 Å². The number of fused-ring (bicyclic) bond motifs is 2. The molecule has 0 fully saturated rings. The topological polar surface area (TPSA) is 72.1 Å². The number of aromatic nitrogens is 3. The highest BCUT2D eigenvalue weighted by atomic mass is 16.5. The molecule has 2 N–H and O–H groups in total. The van der Waals surface area contributed by atoms with Crippen LogP contribution in [0.4, 0.5) is 11.5 Å². The third-order valence-electron chi connectivity index (χ3n) is 4.97. The Bertz CT molecular complexity index is 1320. The summed E-state index contributed by atoms with van der Waals surface area (Å²) in [5.41, 5.74) is 3.91. The summed E-state index contributed by atoms with van der Waals surface area (Å²) >= 11 is 0. The summed E-state index contributed by atoms with van der Waals surface area (Å²) in [6, 6.07) is 22.0. The van der Waals surface area contributed by atoms with Crippen molar-refractivity contribution in [2.75, 3.05) is 12.4 Å². The number of anilines is 2. The van der Waals surface area contributed by atoms with Gasteiger partial charge in [-0.15, -0.1) is 0 Å². The monoisotopic (exact) mass is 396 g/mol. The third kappa shape index (κ3) is 3.51. The van der Waals surface area contributed by atoms with Crippen molar-refractivity contribution in [3.8, 4) is 11.5 Å². The van der Waals surface area contributed by atoms with Crippen molar-refractivity contribution in [2.45, 2.75) is 6.61 Å². The van der Waals surface area contributed by atoms with E-state index in [1.807, 2.05) is 66.9 Å². The van der Waals surface area contributed by atoms with Crippen LogP contribution in [-0.4, -0.2) is 22.1 Å². The minimum atomic E-state index is 0.454. The fourth-order valence-corrected chi connectivity index (χ4v) is 3.44. The van der Waals surface area contributed by atoms with E-state index in [0.717, 1.165) is 33.1 Å². The number of H-pyrrole nitrogens is 1. The van der Waals surface area contributed by atoms with Crippen molar-refractivity contribution in [1.29, 1.82) is 0 Å². The van der Waals surface area contributed by atoms with E-state index in [4.69, 9.17) is 9.47 Å². The lowest BCUT2D eigenvalue weighted by molar-refractivity contribution is 0.285. The highest BCUT2D eigenvalue weighted by Gasteiger charge is 2.12. The molecule has 5 rings (SSSR count). The van der Waals surface area contributed by atoms with Gasteiger partial charge in [0.2, 0.25) is 0 Å². The average Bonchev–Trinajstić information content (AvgIpc) is 3.26. The molecule has 0 amide bonds. The van der Waals surface area contributed by atoms with Crippen molar-refractivity contribution in [1.82, 2.24) is 15.0 Å². The lowest BCUT2D eigenvalue weighted by Crippen LogP contribution is -2.00. The van der Waals surface area contributed by atoms with Crippen LogP contribution in [-0.2, 0) is 6.61 Å². The first kappa shape index (κ1) is 18.0. The maximum atomic E-state index is 6.01. The maximum absolute atomic E-state index is 6.01. The Balaban J connectivity index is 1.47. The van der Waals surface area contributed by atoms with Gasteiger partial charge in [-0.3, -0.25) is 0 Å². The molecule has 3 aromatic carbocycles. The summed E-state index contributed by atoms with van der Waals surface area (Å²) in [5, 5.41) is 5.39. The van der Waals surface area contributed by atoms with E-state index in [-0.39, 0.29) is 0 Å². The lowest BCUT2D eigenvalue weighted by atomic mass is 10.2. The zero-order chi connectivity index (χ0) is 20.3. The van der Waals surface area contributed by atoms with Crippen LogP contribution in [0.2, 0.25) is 0 Å². The standard InChI is InChI=1S/C24H20N4O2/c1-29-22-12-19-21(13-23(22)30-14-16-5-3-2-4-6-16)26-15-27-24(19)28-18-7-8-20-17(11-18)9-10-25-20/h2-13,15,25H,14H2,1H3,(H,26,27,28). The summed E-state index contributed by atoms with van der Waals surface area (Å²) in [7, 11) is 1.63. The zero-order valence-electron chi connectivity index (χ0n) is 16.4. The summed E-state index contributed by atoms with van der Waals surface area (Å²) in [4.78, 5) is 12.1. The van der Waals surface area contributed by atoms with E-state index in [2.05, 4.69) is 26.3 Å². The molecule has 0 bridgehead atoms. The fraction of sp³-hybridized carbons (Fsp3) is 0.0833. The van der Waals surface area contributed by atoms with E-state index in [0.29, 0.717) is 23.9 Å². The van der Waals surface area contributed by atoms with Gasteiger partial charge in [-0.1, -0.05) is 30.3 Å². The van der Waals surface area contributed by atoms with Crippen molar-refractivity contribution < 1.29 is 9.47 Å². The molecule has 0 saturated heterocycles. The van der Waals surface area contributed by atoms with Crippen LogP contribution in [0, 0.1) is 0 Å². The largest absolute Gasteiger partial charge is 0.493 e. The van der Waals surface area contributed by atoms with Gasteiger partial charge in [0.15, 0.2) is 11.5 Å². The fourth-order valence-electron chi connectivity index (χ4n) is 3.44. The molecule has 0 aliphatic rings. The maximum Gasteiger partial charge on any atom is 0.163 e. The van der Waals surface area contributed by atoms with Crippen molar-refractivity contribution in [2.24, 2.45) is 0 Å². The quantitative estimate of drug-likeness (QED) is 0.400. The number of methoxy groups -OCH3 is 1. The summed E-state index contributed by atoms with van der Waals surface area (Å²) < 4.78 is 11.6. The minimum absolute atomic E-state index is 0.454. The van der Waals surface area contributed by atoms with E-state index < -0.39 is 0 Å². The molecule has 5 aromatic rings. The Hall–Kier alpha value is -4.06. The predicted octanol–water partition coefficient (Wildman–Crippen LogP) is 5.44. The molecule has 0 spiro atoms. The molecule has 6 nitrogen and oxygen atoms in total. The Morgan fingerprint density at radius 1 is 0.933 bits per heavy atom. The van der Waals surface area contributed by atoms with Gasteiger partial charge in [-0.2, -0.15) is 0 Å². The van der Waals surface area contributed by atoms with Crippen LogP contribution in [0.15, 0.2) is 79.3 Å². The van der Waals surface area contributed by atoms with Crippen LogP contribution in [0.5, 0.6) is 11.5 Å². The van der Waals surface area contributed by atoms with Gasteiger partial charge in [-0.25, -0.2) is 9.97 Å². The zero-order valence-corrected chi connectivity index (χ0v) is 16.4. The molecular formula is C24H20N4O2. The molecule has 0 saturated carbocycles. The second kappa shape index (κ2) is 7.75. The molecule has 0 unspecified atom stereocenters. The normalized spacial score (nSPS) is 11.0. The van der Waals surface area contributed by atoms with Gasteiger partial charge in [0.1, 0.15) is 18.8 Å². The highest BCUT2D eigenvalue weighted by molar-refractivity contribution is 5.94. The molecule has 30 heavy (non-hydrogen) atoms.